The number of hydrogen-bond donors (Lipinski definition) is 1. The Morgan fingerprint density at radius 2 is 2.07 bits per heavy atom. The maximum atomic E-state index is 5.93. The molecule has 2 aromatic rings. The van der Waals surface area contributed by atoms with Gasteiger partial charge in [-0.2, -0.15) is 0 Å². The molecule has 3 heteroatoms. The summed E-state index contributed by atoms with van der Waals surface area (Å²) in [5.74, 6) is 0. The summed E-state index contributed by atoms with van der Waals surface area (Å²) in [7, 11) is 1.89. The third-order valence-corrected chi connectivity index (χ3v) is 2.40. The summed E-state index contributed by atoms with van der Waals surface area (Å²) in [4.78, 5) is 4.30. The summed E-state index contributed by atoms with van der Waals surface area (Å²) in [6.07, 6.45) is 1.78. The van der Waals surface area contributed by atoms with Crippen molar-refractivity contribution < 1.29 is 0 Å². The summed E-state index contributed by atoms with van der Waals surface area (Å²) >= 11 is 5.93. The van der Waals surface area contributed by atoms with E-state index in [1.165, 1.54) is 0 Å². The third-order valence-electron chi connectivity index (χ3n) is 2.17. The number of nitrogens with one attached hydrogen (secondary N) is 1. The molecule has 0 aliphatic heterocycles. The highest BCUT2D eigenvalue weighted by molar-refractivity contribution is 6.30. The number of anilines is 1. The van der Waals surface area contributed by atoms with E-state index in [9.17, 15) is 0 Å². The molecule has 0 amide bonds. The van der Waals surface area contributed by atoms with Crippen molar-refractivity contribution in [3.05, 3.63) is 47.6 Å². The minimum absolute atomic E-state index is 0.726. The molecule has 0 atom stereocenters. The molecule has 0 aliphatic carbocycles. The zero-order valence-corrected chi connectivity index (χ0v) is 9.12. The lowest BCUT2D eigenvalue weighted by molar-refractivity contribution is 1.31. The van der Waals surface area contributed by atoms with Gasteiger partial charge in [-0.3, -0.25) is 4.98 Å². The number of aromatic nitrogens is 1. The van der Waals surface area contributed by atoms with E-state index in [1.807, 2.05) is 43.4 Å². The minimum atomic E-state index is 0.726. The second-order valence-electron chi connectivity index (χ2n) is 3.19. The fraction of sp³-hybridized carbons (Fsp3) is 0.0833. The van der Waals surface area contributed by atoms with Crippen molar-refractivity contribution in [2.24, 2.45) is 0 Å². The molecule has 1 heterocycles. The molecule has 0 fully saturated rings. The van der Waals surface area contributed by atoms with Gasteiger partial charge in [0.05, 0.1) is 5.69 Å². The number of halogens is 1. The van der Waals surface area contributed by atoms with Crippen LogP contribution in [0.25, 0.3) is 11.3 Å². The van der Waals surface area contributed by atoms with Crippen LogP contribution in [0.1, 0.15) is 0 Å². The standard InChI is InChI=1S/C12H11ClN2/c1-14-11-5-6-15-12(8-11)9-3-2-4-10(13)7-9/h2-8H,1H3,(H,14,15). The van der Waals surface area contributed by atoms with Crippen LogP contribution in [0, 0.1) is 0 Å². The van der Waals surface area contributed by atoms with Gasteiger partial charge in [0, 0.05) is 29.5 Å². The number of hydrogen-bond acceptors (Lipinski definition) is 2. The first-order valence-corrected chi connectivity index (χ1v) is 5.07. The van der Waals surface area contributed by atoms with Gasteiger partial charge in [-0.05, 0) is 24.3 Å². The summed E-state index contributed by atoms with van der Waals surface area (Å²) in [6.45, 7) is 0. The molecule has 0 aliphatic rings. The van der Waals surface area contributed by atoms with E-state index < -0.39 is 0 Å². The van der Waals surface area contributed by atoms with Crippen molar-refractivity contribution in [1.82, 2.24) is 4.98 Å². The van der Waals surface area contributed by atoms with Crippen molar-refractivity contribution >= 4 is 17.3 Å². The normalized spacial score (nSPS) is 10.0. The van der Waals surface area contributed by atoms with E-state index in [2.05, 4.69) is 10.3 Å². The monoisotopic (exact) mass is 218 g/mol. The van der Waals surface area contributed by atoms with Crippen LogP contribution < -0.4 is 5.32 Å². The quantitative estimate of drug-likeness (QED) is 0.835. The number of benzene rings is 1. The molecule has 15 heavy (non-hydrogen) atoms. The van der Waals surface area contributed by atoms with E-state index in [-0.39, 0.29) is 0 Å². The number of nitrogens with zero attached hydrogens (tertiary/aromatic N) is 1. The summed E-state index contributed by atoms with van der Waals surface area (Å²) in [5, 5.41) is 3.80. The highest BCUT2D eigenvalue weighted by Gasteiger charge is 2.00. The fourth-order valence-corrected chi connectivity index (χ4v) is 1.58. The lowest BCUT2D eigenvalue weighted by Gasteiger charge is -2.04. The highest BCUT2D eigenvalue weighted by Crippen LogP contribution is 2.22. The fourth-order valence-electron chi connectivity index (χ4n) is 1.39. The van der Waals surface area contributed by atoms with Gasteiger partial charge in [-0.25, -0.2) is 0 Å². The second-order valence-corrected chi connectivity index (χ2v) is 3.63. The van der Waals surface area contributed by atoms with Crippen LogP contribution >= 0.6 is 11.6 Å². The van der Waals surface area contributed by atoms with Crippen LogP contribution in [0.2, 0.25) is 5.02 Å². The van der Waals surface area contributed by atoms with E-state index in [1.54, 1.807) is 6.20 Å². The van der Waals surface area contributed by atoms with Gasteiger partial charge >= 0.3 is 0 Å². The summed E-state index contributed by atoms with van der Waals surface area (Å²) in [6, 6.07) is 11.6. The maximum Gasteiger partial charge on any atom is 0.0723 e. The van der Waals surface area contributed by atoms with Gasteiger partial charge in [0.25, 0.3) is 0 Å². The molecular weight excluding hydrogens is 208 g/mol. The predicted molar refractivity (Wildman–Crippen MR) is 64.2 cm³/mol. The first-order chi connectivity index (χ1) is 7.29. The summed E-state index contributed by atoms with van der Waals surface area (Å²) in [5.41, 5.74) is 2.99. The Morgan fingerprint density at radius 1 is 1.20 bits per heavy atom. The van der Waals surface area contributed by atoms with Crippen LogP contribution in [0.4, 0.5) is 5.69 Å². The largest absolute Gasteiger partial charge is 0.388 e. The van der Waals surface area contributed by atoms with Crippen molar-refractivity contribution in [2.45, 2.75) is 0 Å². The van der Waals surface area contributed by atoms with Gasteiger partial charge in [0.15, 0.2) is 0 Å². The first-order valence-electron chi connectivity index (χ1n) is 4.69. The van der Waals surface area contributed by atoms with Crippen molar-refractivity contribution in [2.75, 3.05) is 12.4 Å². The molecule has 1 aromatic heterocycles. The molecule has 0 bridgehead atoms. The Labute approximate surface area is 93.9 Å². The van der Waals surface area contributed by atoms with Crippen LogP contribution in [0.5, 0.6) is 0 Å². The molecule has 0 saturated heterocycles. The van der Waals surface area contributed by atoms with Crippen molar-refractivity contribution in [1.29, 1.82) is 0 Å². The number of rotatable bonds is 2. The molecule has 76 valence electrons. The highest BCUT2D eigenvalue weighted by atomic mass is 35.5. The first kappa shape index (κ1) is 9.99. The van der Waals surface area contributed by atoms with Gasteiger partial charge in [-0.15, -0.1) is 0 Å². The zero-order chi connectivity index (χ0) is 10.7. The topological polar surface area (TPSA) is 24.9 Å². The summed E-state index contributed by atoms with van der Waals surface area (Å²) < 4.78 is 0. The van der Waals surface area contributed by atoms with E-state index in [0.29, 0.717) is 0 Å². The lowest BCUT2D eigenvalue weighted by Crippen LogP contribution is -1.90. The van der Waals surface area contributed by atoms with Gasteiger partial charge in [0.2, 0.25) is 0 Å². The Hall–Kier alpha value is -1.54. The lowest BCUT2D eigenvalue weighted by atomic mass is 10.1. The zero-order valence-electron chi connectivity index (χ0n) is 8.37. The molecule has 2 rings (SSSR count). The molecule has 1 N–H and O–H groups in total. The van der Waals surface area contributed by atoms with Gasteiger partial charge < -0.3 is 5.32 Å². The van der Waals surface area contributed by atoms with Crippen molar-refractivity contribution in [3.63, 3.8) is 0 Å². The molecule has 0 radical (unpaired) electrons. The van der Waals surface area contributed by atoms with Gasteiger partial charge in [0.1, 0.15) is 0 Å². The maximum absolute atomic E-state index is 5.93. The Kier molecular flexibility index (Phi) is 2.88. The minimum Gasteiger partial charge on any atom is -0.388 e. The number of pyridine rings is 1. The Bertz CT molecular complexity index is 469. The van der Waals surface area contributed by atoms with Crippen LogP contribution in [0.3, 0.4) is 0 Å². The molecule has 2 nitrogen and oxygen atoms in total. The Morgan fingerprint density at radius 3 is 2.80 bits per heavy atom. The Balaban J connectivity index is 2.44. The van der Waals surface area contributed by atoms with Crippen LogP contribution in [-0.2, 0) is 0 Å². The molecular formula is C12H11ClN2. The SMILES string of the molecule is CNc1ccnc(-c2cccc(Cl)c2)c1. The van der Waals surface area contributed by atoms with Gasteiger partial charge in [-0.1, -0.05) is 23.7 Å². The van der Waals surface area contributed by atoms with E-state index in [4.69, 9.17) is 11.6 Å². The van der Waals surface area contributed by atoms with E-state index >= 15 is 0 Å². The average molecular weight is 219 g/mol. The smallest absolute Gasteiger partial charge is 0.0723 e. The van der Waals surface area contributed by atoms with E-state index in [0.717, 1.165) is 22.0 Å². The third kappa shape index (κ3) is 2.28. The molecule has 1 aromatic carbocycles. The average Bonchev–Trinajstić information content (AvgIpc) is 2.29. The van der Waals surface area contributed by atoms with Crippen LogP contribution in [0.15, 0.2) is 42.6 Å². The molecule has 0 spiro atoms. The van der Waals surface area contributed by atoms with Crippen LogP contribution in [-0.4, -0.2) is 12.0 Å². The van der Waals surface area contributed by atoms with Crippen molar-refractivity contribution in [3.8, 4) is 11.3 Å². The molecule has 0 saturated carbocycles. The predicted octanol–water partition coefficient (Wildman–Crippen LogP) is 3.44. The molecule has 0 unspecified atom stereocenters. The second kappa shape index (κ2) is 4.32.